The van der Waals surface area contributed by atoms with E-state index in [0.717, 1.165) is 5.56 Å². The van der Waals surface area contributed by atoms with Crippen molar-refractivity contribution in [2.24, 2.45) is 13.0 Å². The molecule has 3 atom stereocenters. The van der Waals surface area contributed by atoms with Crippen LogP contribution in [0.2, 0.25) is 10.0 Å². The second-order valence-electron chi connectivity index (χ2n) is 6.31. The number of halogens is 3. The van der Waals surface area contributed by atoms with Crippen molar-refractivity contribution in [1.82, 2.24) is 20.4 Å². The molecule has 1 saturated heterocycles. The lowest BCUT2D eigenvalue weighted by molar-refractivity contribution is -0.125. The highest BCUT2D eigenvalue weighted by atomic mass is 35.5. The van der Waals surface area contributed by atoms with Gasteiger partial charge in [-0.1, -0.05) is 23.2 Å². The van der Waals surface area contributed by atoms with Crippen molar-refractivity contribution in [2.45, 2.75) is 18.9 Å². The molecule has 0 saturated carbocycles. The van der Waals surface area contributed by atoms with E-state index in [4.69, 9.17) is 23.2 Å². The minimum Gasteiger partial charge on any atom is -0.349 e. The third-order valence-electron chi connectivity index (χ3n) is 4.58. The summed E-state index contributed by atoms with van der Waals surface area (Å²) in [4.78, 5) is 12.8. The van der Waals surface area contributed by atoms with Gasteiger partial charge in [0, 0.05) is 42.8 Å². The van der Waals surface area contributed by atoms with Crippen molar-refractivity contribution in [3.8, 4) is 0 Å². The van der Waals surface area contributed by atoms with Crippen LogP contribution in [0.15, 0.2) is 24.5 Å². The normalized spacial score (nSPS) is 21.3. The van der Waals surface area contributed by atoms with Gasteiger partial charge in [-0.25, -0.2) is 4.39 Å². The minimum absolute atomic E-state index is 0.0411. The largest absolute Gasteiger partial charge is 0.349 e. The van der Waals surface area contributed by atoms with E-state index in [2.05, 4.69) is 15.7 Å². The standard InChI is InChI=1S/C17H19Cl2FN4O/c1-9(15-13(18)3-4-14(20)16(15)19)23-17(25)12-7-21-6-11(12)10-5-22-24(2)8-10/h3-5,8-9,11-12,21H,6-7H2,1-2H3,(H,23,25)/t9?,11-,12+/m1/s1. The van der Waals surface area contributed by atoms with Gasteiger partial charge >= 0.3 is 0 Å². The van der Waals surface area contributed by atoms with Gasteiger partial charge < -0.3 is 10.6 Å². The number of hydrogen-bond donors (Lipinski definition) is 2. The van der Waals surface area contributed by atoms with Gasteiger partial charge in [0.25, 0.3) is 0 Å². The summed E-state index contributed by atoms with van der Waals surface area (Å²) < 4.78 is 15.4. The van der Waals surface area contributed by atoms with Crippen molar-refractivity contribution >= 4 is 29.1 Å². The average Bonchev–Trinajstić information content (AvgIpc) is 3.19. The molecule has 5 nitrogen and oxygen atoms in total. The summed E-state index contributed by atoms with van der Waals surface area (Å²) in [6.45, 7) is 3.02. The first kappa shape index (κ1) is 18.2. The molecule has 0 bridgehead atoms. The van der Waals surface area contributed by atoms with E-state index in [1.54, 1.807) is 17.8 Å². The molecule has 2 heterocycles. The van der Waals surface area contributed by atoms with Crippen LogP contribution in [0.5, 0.6) is 0 Å². The highest BCUT2D eigenvalue weighted by Crippen LogP contribution is 2.33. The van der Waals surface area contributed by atoms with Crippen LogP contribution < -0.4 is 10.6 Å². The maximum Gasteiger partial charge on any atom is 0.225 e. The molecule has 0 spiro atoms. The molecule has 1 aromatic heterocycles. The first-order valence-electron chi connectivity index (χ1n) is 8.01. The lowest BCUT2D eigenvalue weighted by Gasteiger charge is -2.22. The quantitative estimate of drug-likeness (QED) is 0.796. The van der Waals surface area contributed by atoms with Gasteiger partial charge in [-0.3, -0.25) is 9.48 Å². The zero-order valence-electron chi connectivity index (χ0n) is 13.9. The number of carbonyl (C=O) groups excluding carboxylic acids is 1. The van der Waals surface area contributed by atoms with E-state index in [0.29, 0.717) is 23.7 Å². The highest BCUT2D eigenvalue weighted by Gasteiger charge is 2.35. The number of carbonyl (C=O) groups is 1. The molecular formula is C17H19Cl2FN4O. The van der Waals surface area contributed by atoms with Gasteiger partial charge in [-0.2, -0.15) is 5.10 Å². The highest BCUT2D eigenvalue weighted by molar-refractivity contribution is 6.36. The number of aryl methyl sites for hydroxylation is 1. The maximum absolute atomic E-state index is 13.7. The summed E-state index contributed by atoms with van der Waals surface area (Å²) >= 11 is 12.2. The Morgan fingerprint density at radius 2 is 2.20 bits per heavy atom. The molecule has 3 rings (SSSR count). The monoisotopic (exact) mass is 384 g/mol. The molecule has 1 fully saturated rings. The number of benzene rings is 1. The van der Waals surface area contributed by atoms with Crippen LogP contribution in [0.3, 0.4) is 0 Å². The molecule has 1 aliphatic rings. The molecule has 1 unspecified atom stereocenters. The SMILES string of the molecule is CC(NC(=O)[C@H]1CNC[C@@H]1c1cnn(C)c1)c1c(Cl)ccc(F)c1Cl. The molecule has 134 valence electrons. The van der Waals surface area contributed by atoms with Crippen LogP contribution in [0.4, 0.5) is 4.39 Å². The third-order valence-corrected chi connectivity index (χ3v) is 5.29. The second kappa shape index (κ2) is 7.32. The summed E-state index contributed by atoms with van der Waals surface area (Å²) in [6, 6.07) is 2.15. The molecule has 2 N–H and O–H groups in total. The molecule has 0 aliphatic carbocycles. The Bertz CT molecular complexity index is 795. The maximum atomic E-state index is 13.7. The van der Waals surface area contributed by atoms with Crippen molar-refractivity contribution < 1.29 is 9.18 Å². The fraction of sp³-hybridized carbons (Fsp3) is 0.412. The number of nitrogens with one attached hydrogen (secondary N) is 2. The Kier molecular flexibility index (Phi) is 5.32. The van der Waals surface area contributed by atoms with E-state index >= 15 is 0 Å². The summed E-state index contributed by atoms with van der Waals surface area (Å²) in [5.41, 5.74) is 1.41. The lowest BCUT2D eigenvalue weighted by atomic mass is 9.90. The Morgan fingerprint density at radius 3 is 2.88 bits per heavy atom. The number of hydrogen-bond acceptors (Lipinski definition) is 3. The van der Waals surface area contributed by atoms with Crippen molar-refractivity contribution in [3.05, 3.63) is 51.5 Å². The number of nitrogens with zero attached hydrogens (tertiary/aromatic N) is 2. The van der Waals surface area contributed by atoms with Crippen molar-refractivity contribution in [3.63, 3.8) is 0 Å². The van der Waals surface area contributed by atoms with Crippen LogP contribution in [-0.2, 0) is 11.8 Å². The molecule has 1 aromatic carbocycles. The zero-order valence-corrected chi connectivity index (χ0v) is 15.4. The van der Waals surface area contributed by atoms with Crippen LogP contribution in [0.25, 0.3) is 0 Å². The van der Waals surface area contributed by atoms with Gasteiger partial charge in [0.1, 0.15) is 5.82 Å². The van der Waals surface area contributed by atoms with Crippen LogP contribution >= 0.6 is 23.2 Å². The van der Waals surface area contributed by atoms with E-state index in [1.807, 2.05) is 13.2 Å². The predicted octanol–water partition coefficient (Wildman–Crippen LogP) is 3.05. The molecule has 2 aromatic rings. The first-order valence-corrected chi connectivity index (χ1v) is 8.77. The Hall–Kier alpha value is -1.63. The fourth-order valence-corrected chi connectivity index (χ4v) is 3.97. The third kappa shape index (κ3) is 3.66. The average molecular weight is 385 g/mol. The Balaban J connectivity index is 1.76. The van der Waals surface area contributed by atoms with Gasteiger partial charge in [0.2, 0.25) is 5.91 Å². The van der Waals surface area contributed by atoms with E-state index in [-0.39, 0.29) is 22.8 Å². The van der Waals surface area contributed by atoms with Gasteiger partial charge in [-0.15, -0.1) is 0 Å². The van der Waals surface area contributed by atoms with Gasteiger partial charge in [0.15, 0.2) is 0 Å². The smallest absolute Gasteiger partial charge is 0.225 e. The summed E-state index contributed by atoms with van der Waals surface area (Å²) in [5, 5.41) is 10.6. The molecular weight excluding hydrogens is 366 g/mol. The number of aromatic nitrogens is 2. The summed E-state index contributed by atoms with van der Waals surface area (Å²) in [7, 11) is 1.84. The van der Waals surface area contributed by atoms with E-state index < -0.39 is 11.9 Å². The molecule has 25 heavy (non-hydrogen) atoms. The van der Waals surface area contributed by atoms with Crippen molar-refractivity contribution in [1.29, 1.82) is 0 Å². The minimum atomic E-state index is -0.557. The number of rotatable bonds is 4. The fourth-order valence-electron chi connectivity index (χ4n) is 3.27. The summed E-state index contributed by atoms with van der Waals surface area (Å²) in [6.07, 6.45) is 3.70. The van der Waals surface area contributed by atoms with Crippen LogP contribution in [-0.4, -0.2) is 28.8 Å². The first-order chi connectivity index (χ1) is 11.9. The topological polar surface area (TPSA) is 59.0 Å². The zero-order chi connectivity index (χ0) is 18.1. The van der Waals surface area contributed by atoms with Crippen LogP contribution in [0, 0.1) is 11.7 Å². The van der Waals surface area contributed by atoms with E-state index in [9.17, 15) is 9.18 Å². The Morgan fingerprint density at radius 1 is 1.44 bits per heavy atom. The molecule has 1 amide bonds. The van der Waals surface area contributed by atoms with Gasteiger partial charge in [0.05, 0.1) is 23.2 Å². The lowest BCUT2D eigenvalue weighted by Crippen LogP contribution is -2.36. The summed E-state index contributed by atoms with van der Waals surface area (Å²) in [5.74, 6) is -0.877. The number of amides is 1. The van der Waals surface area contributed by atoms with Gasteiger partial charge in [-0.05, 0) is 24.6 Å². The second-order valence-corrected chi connectivity index (χ2v) is 7.09. The predicted molar refractivity (Wildman–Crippen MR) is 95.3 cm³/mol. The molecule has 0 radical (unpaired) electrons. The molecule has 1 aliphatic heterocycles. The molecule has 8 heteroatoms. The van der Waals surface area contributed by atoms with Crippen molar-refractivity contribution in [2.75, 3.05) is 13.1 Å². The van der Waals surface area contributed by atoms with Crippen LogP contribution in [0.1, 0.15) is 30.0 Å². The van der Waals surface area contributed by atoms with E-state index in [1.165, 1.54) is 12.1 Å². The Labute approximate surface area is 155 Å².